The highest BCUT2D eigenvalue weighted by atomic mass is 127. The number of nitrogens with one attached hydrogen (secondary N) is 2. The lowest BCUT2D eigenvalue weighted by molar-refractivity contribution is -0.118. The van der Waals surface area contributed by atoms with E-state index in [0.717, 1.165) is 34.0 Å². The summed E-state index contributed by atoms with van der Waals surface area (Å²) in [6.07, 6.45) is 1.63. The summed E-state index contributed by atoms with van der Waals surface area (Å²) in [5.74, 6) is 0.695. The summed E-state index contributed by atoms with van der Waals surface area (Å²) in [5.41, 5.74) is 7.74. The van der Waals surface area contributed by atoms with Gasteiger partial charge in [-0.1, -0.05) is 42.1 Å². The SMILES string of the molecule is Cc1cc(I)ccc1NCc1nnc(SCC(=O)N/N=C/c2ccc(N(C)C)cc2)n1-c1ccccc1. The van der Waals surface area contributed by atoms with Crippen molar-refractivity contribution in [3.05, 3.63) is 93.3 Å². The number of carbonyl (C=O) groups excluding carboxylic acids is 1. The van der Waals surface area contributed by atoms with E-state index in [4.69, 9.17) is 0 Å². The summed E-state index contributed by atoms with van der Waals surface area (Å²) in [6, 6.07) is 24.1. The number of anilines is 2. The average Bonchev–Trinajstić information content (AvgIpc) is 3.30. The summed E-state index contributed by atoms with van der Waals surface area (Å²) >= 11 is 3.63. The number of rotatable bonds is 10. The molecule has 0 bridgehead atoms. The zero-order valence-electron chi connectivity index (χ0n) is 20.9. The molecule has 10 heteroatoms. The lowest BCUT2D eigenvalue weighted by atomic mass is 10.2. The minimum Gasteiger partial charge on any atom is -0.378 e. The van der Waals surface area contributed by atoms with Gasteiger partial charge in [0.05, 0.1) is 18.5 Å². The number of nitrogens with zero attached hydrogens (tertiary/aromatic N) is 5. The Morgan fingerprint density at radius 2 is 1.84 bits per heavy atom. The van der Waals surface area contributed by atoms with Crippen LogP contribution in [0.1, 0.15) is 17.0 Å². The quantitative estimate of drug-likeness (QED) is 0.110. The lowest BCUT2D eigenvalue weighted by Gasteiger charge is -2.12. The number of thioether (sulfide) groups is 1. The van der Waals surface area contributed by atoms with E-state index in [-0.39, 0.29) is 11.7 Å². The Morgan fingerprint density at radius 3 is 2.54 bits per heavy atom. The van der Waals surface area contributed by atoms with Crippen LogP contribution in [-0.2, 0) is 11.3 Å². The van der Waals surface area contributed by atoms with Crippen molar-refractivity contribution in [2.75, 3.05) is 30.1 Å². The number of aromatic nitrogens is 3. The third kappa shape index (κ3) is 7.32. The second-order valence-corrected chi connectivity index (χ2v) is 10.6. The zero-order valence-corrected chi connectivity index (χ0v) is 23.8. The van der Waals surface area contributed by atoms with Crippen molar-refractivity contribution < 1.29 is 4.79 Å². The van der Waals surface area contributed by atoms with Crippen molar-refractivity contribution in [3.8, 4) is 5.69 Å². The molecule has 3 aromatic carbocycles. The van der Waals surface area contributed by atoms with Gasteiger partial charge < -0.3 is 10.2 Å². The molecule has 4 rings (SSSR count). The van der Waals surface area contributed by atoms with Crippen LogP contribution in [0.2, 0.25) is 0 Å². The first-order valence-electron chi connectivity index (χ1n) is 11.6. The molecular formula is C27H28IN7OS. The molecule has 0 spiro atoms. The van der Waals surface area contributed by atoms with Crippen molar-refractivity contribution >= 4 is 57.8 Å². The van der Waals surface area contributed by atoms with E-state index in [2.05, 4.69) is 73.8 Å². The number of halogens is 1. The molecule has 4 aromatic rings. The molecule has 0 aliphatic rings. The van der Waals surface area contributed by atoms with Gasteiger partial charge in [-0.15, -0.1) is 10.2 Å². The number of para-hydroxylation sites is 1. The van der Waals surface area contributed by atoms with E-state index < -0.39 is 0 Å². The van der Waals surface area contributed by atoms with Gasteiger partial charge in [-0.05, 0) is 83.1 Å². The number of aryl methyl sites for hydroxylation is 1. The molecule has 0 fully saturated rings. The highest BCUT2D eigenvalue weighted by Gasteiger charge is 2.16. The van der Waals surface area contributed by atoms with E-state index in [1.807, 2.05) is 78.2 Å². The Labute approximate surface area is 234 Å². The normalized spacial score (nSPS) is 11.0. The van der Waals surface area contributed by atoms with Crippen molar-refractivity contribution in [3.63, 3.8) is 0 Å². The summed E-state index contributed by atoms with van der Waals surface area (Å²) in [5, 5.41) is 17.0. The predicted octanol–water partition coefficient (Wildman–Crippen LogP) is 5.10. The summed E-state index contributed by atoms with van der Waals surface area (Å²) in [4.78, 5) is 14.5. The molecule has 0 saturated heterocycles. The maximum Gasteiger partial charge on any atom is 0.250 e. The Bertz CT molecular complexity index is 1370. The lowest BCUT2D eigenvalue weighted by Crippen LogP contribution is -2.20. The number of hydrogen-bond acceptors (Lipinski definition) is 7. The monoisotopic (exact) mass is 625 g/mol. The molecule has 2 N–H and O–H groups in total. The van der Waals surface area contributed by atoms with E-state index in [1.165, 1.54) is 15.3 Å². The van der Waals surface area contributed by atoms with Gasteiger partial charge in [-0.2, -0.15) is 5.10 Å². The Morgan fingerprint density at radius 1 is 1.08 bits per heavy atom. The van der Waals surface area contributed by atoms with Crippen LogP contribution in [0.4, 0.5) is 11.4 Å². The third-order valence-corrected chi connectivity index (χ3v) is 7.08. The molecule has 8 nitrogen and oxygen atoms in total. The van der Waals surface area contributed by atoms with Crippen LogP contribution in [-0.4, -0.2) is 46.7 Å². The number of amides is 1. The third-order valence-electron chi connectivity index (χ3n) is 5.48. The Balaban J connectivity index is 1.41. The molecule has 37 heavy (non-hydrogen) atoms. The van der Waals surface area contributed by atoms with Gasteiger partial charge in [0, 0.05) is 34.7 Å². The molecule has 1 amide bonds. The fraction of sp³-hybridized carbons (Fsp3) is 0.185. The van der Waals surface area contributed by atoms with Gasteiger partial charge >= 0.3 is 0 Å². The fourth-order valence-electron chi connectivity index (χ4n) is 3.54. The van der Waals surface area contributed by atoms with Gasteiger partial charge in [0.15, 0.2) is 11.0 Å². The number of hydrazone groups is 1. The van der Waals surface area contributed by atoms with Gasteiger partial charge in [0.25, 0.3) is 5.91 Å². The maximum atomic E-state index is 12.5. The van der Waals surface area contributed by atoms with Crippen LogP contribution in [0.25, 0.3) is 5.69 Å². The van der Waals surface area contributed by atoms with Gasteiger partial charge in [0.1, 0.15) is 0 Å². The van der Waals surface area contributed by atoms with E-state index in [1.54, 1.807) is 6.21 Å². The first-order valence-corrected chi connectivity index (χ1v) is 13.7. The summed E-state index contributed by atoms with van der Waals surface area (Å²) in [7, 11) is 3.98. The van der Waals surface area contributed by atoms with Crippen LogP contribution >= 0.6 is 34.4 Å². The van der Waals surface area contributed by atoms with Crippen molar-refractivity contribution in [1.82, 2.24) is 20.2 Å². The van der Waals surface area contributed by atoms with E-state index >= 15 is 0 Å². The topological polar surface area (TPSA) is 87.4 Å². The van der Waals surface area contributed by atoms with Crippen LogP contribution in [0.3, 0.4) is 0 Å². The fourth-order valence-corrected chi connectivity index (χ4v) is 4.95. The Kier molecular flexibility index (Phi) is 9.18. The molecule has 190 valence electrons. The van der Waals surface area contributed by atoms with Crippen LogP contribution in [0, 0.1) is 10.5 Å². The maximum absolute atomic E-state index is 12.5. The van der Waals surface area contributed by atoms with Crippen molar-refractivity contribution in [1.29, 1.82) is 0 Å². The van der Waals surface area contributed by atoms with Crippen LogP contribution in [0.15, 0.2) is 83.1 Å². The second-order valence-electron chi connectivity index (χ2n) is 8.45. The number of benzene rings is 3. The van der Waals surface area contributed by atoms with E-state index in [0.29, 0.717) is 11.7 Å². The van der Waals surface area contributed by atoms with E-state index in [9.17, 15) is 4.79 Å². The van der Waals surface area contributed by atoms with Crippen LogP contribution in [0.5, 0.6) is 0 Å². The minimum absolute atomic E-state index is 0.158. The average molecular weight is 626 g/mol. The molecule has 0 saturated carbocycles. The molecule has 0 atom stereocenters. The molecule has 0 aliphatic heterocycles. The molecular weight excluding hydrogens is 597 g/mol. The smallest absolute Gasteiger partial charge is 0.250 e. The molecule has 1 aromatic heterocycles. The first-order chi connectivity index (χ1) is 17.9. The number of carbonyl (C=O) groups is 1. The first kappa shape index (κ1) is 26.7. The van der Waals surface area contributed by atoms with Crippen LogP contribution < -0.4 is 15.6 Å². The highest BCUT2D eigenvalue weighted by molar-refractivity contribution is 14.1. The summed E-state index contributed by atoms with van der Waals surface area (Å²) < 4.78 is 3.17. The Hall–Kier alpha value is -3.38. The highest BCUT2D eigenvalue weighted by Crippen LogP contribution is 2.24. The van der Waals surface area contributed by atoms with Gasteiger partial charge in [-0.25, -0.2) is 5.43 Å². The summed E-state index contributed by atoms with van der Waals surface area (Å²) in [6.45, 7) is 2.57. The second kappa shape index (κ2) is 12.7. The minimum atomic E-state index is -0.219. The largest absolute Gasteiger partial charge is 0.378 e. The van der Waals surface area contributed by atoms with Crippen molar-refractivity contribution in [2.24, 2.45) is 5.10 Å². The molecule has 0 aliphatic carbocycles. The van der Waals surface area contributed by atoms with Gasteiger partial charge in [-0.3, -0.25) is 9.36 Å². The zero-order chi connectivity index (χ0) is 26.2. The van der Waals surface area contributed by atoms with Gasteiger partial charge in [0.2, 0.25) is 0 Å². The predicted molar refractivity (Wildman–Crippen MR) is 160 cm³/mol. The standard InChI is InChI=1S/C27H28IN7OS/c1-19-15-21(28)11-14-24(19)29-17-25-31-33-27(35(25)23-7-5-4-6-8-23)37-18-26(36)32-30-16-20-9-12-22(13-10-20)34(2)3/h4-16,29H,17-18H2,1-3H3,(H,32,36)/b30-16+. The molecule has 0 unspecified atom stereocenters. The molecule has 0 radical (unpaired) electrons. The molecule has 1 heterocycles. The van der Waals surface area contributed by atoms with Crippen molar-refractivity contribution in [2.45, 2.75) is 18.6 Å². The number of hydrogen-bond donors (Lipinski definition) is 2.